The number of fused-ring (bicyclic) bond motifs is 8. The first-order valence-corrected chi connectivity index (χ1v) is 28.7. The van der Waals surface area contributed by atoms with Crippen LogP contribution in [-0.2, 0) is 0 Å². The molecular weight excluding hydrogens is 833 g/mol. The van der Waals surface area contributed by atoms with Crippen molar-refractivity contribution in [1.82, 2.24) is 9.13 Å². The second kappa shape index (κ2) is 14.4. The average molecular weight is 877 g/mol. The molecule has 0 aliphatic rings. The third kappa shape index (κ3) is 6.41. The molecule has 64 heavy (non-hydrogen) atoms. The zero-order valence-electron chi connectivity index (χ0n) is 36.4. The number of rotatable bonds is 6. The van der Waals surface area contributed by atoms with Gasteiger partial charge in [-0.25, -0.2) is 17.6 Å². The van der Waals surface area contributed by atoms with Crippen molar-refractivity contribution in [3.05, 3.63) is 181 Å². The Morgan fingerprint density at radius 3 is 0.875 bits per heavy atom. The Labute approximate surface area is 370 Å². The second-order valence-corrected chi connectivity index (χ2v) is 29.3. The summed E-state index contributed by atoms with van der Waals surface area (Å²) in [7, 11) is -3.27. The lowest BCUT2D eigenvalue weighted by Crippen LogP contribution is -2.37. The van der Waals surface area contributed by atoms with Crippen LogP contribution in [0.15, 0.2) is 158 Å². The van der Waals surface area contributed by atoms with Crippen molar-refractivity contribution in [1.29, 1.82) is 0 Å². The standard InChI is InChI=1S/C56H44F4N2Si2/c1-63(2,3)41-17-7-33(8-18-41)55-43-21-15-40(62-53-25-13-37(59)29-47(53)48-30-38(60)14-26-54(48)62)32-50(43)56(34-9-19-42(20-10-34)64(4,5)6)44-22-16-39(31-49(44)55)61-51-23-11-35(57)27-45(51)46-28-36(58)12-24-52(46)61/h7-32H,1-6H3. The zero-order valence-corrected chi connectivity index (χ0v) is 38.4. The summed E-state index contributed by atoms with van der Waals surface area (Å²) in [5, 5.41) is 9.43. The predicted octanol–water partition coefficient (Wildman–Crippen LogP) is 15.2. The fourth-order valence-electron chi connectivity index (χ4n) is 9.87. The minimum atomic E-state index is -1.64. The van der Waals surface area contributed by atoms with Crippen LogP contribution >= 0.6 is 0 Å². The lowest BCUT2D eigenvalue weighted by molar-refractivity contribution is 0.628. The van der Waals surface area contributed by atoms with Gasteiger partial charge in [0.25, 0.3) is 0 Å². The molecule has 2 aromatic heterocycles. The molecule has 0 amide bonds. The van der Waals surface area contributed by atoms with Gasteiger partial charge in [0.2, 0.25) is 0 Å². The fourth-order valence-corrected chi connectivity index (χ4v) is 12.2. The van der Waals surface area contributed by atoms with Gasteiger partial charge in [-0.05, 0) is 141 Å². The maximum absolute atomic E-state index is 14.8. The lowest BCUT2D eigenvalue weighted by Gasteiger charge is -2.22. The van der Waals surface area contributed by atoms with E-state index in [1.807, 2.05) is 0 Å². The maximum Gasteiger partial charge on any atom is 0.123 e. The first-order chi connectivity index (χ1) is 30.6. The molecule has 0 saturated heterocycles. The number of benzene rings is 9. The van der Waals surface area contributed by atoms with E-state index in [0.717, 1.165) is 77.2 Å². The number of hydrogen-bond acceptors (Lipinski definition) is 0. The molecule has 0 bridgehead atoms. The Kier molecular flexibility index (Phi) is 9.01. The molecule has 0 unspecified atom stereocenters. The molecule has 8 heteroatoms. The van der Waals surface area contributed by atoms with Gasteiger partial charge < -0.3 is 9.13 Å². The molecule has 0 atom stereocenters. The van der Waals surface area contributed by atoms with E-state index in [0.29, 0.717) is 21.5 Å². The van der Waals surface area contributed by atoms with Crippen LogP contribution in [0.25, 0.3) is 98.8 Å². The van der Waals surface area contributed by atoms with Gasteiger partial charge >= 0.3 is 0 Å². The number of halogens is 4. The average Bonchev–Trinajstić information content (AvgIpc) is 3.75. The van der Waals surface area contributed by atoms with Crippen LogP contribution in [0.2, 0.25) is 39.3 Å². The highest BCUT2D eigenvalue weighted by Gasteiger charge is 2.24. The highest BCUT2D eigenvalue weighted by molar-refractivity contribution is 6.89. The molecule has 9 aromatic carbocycles. The number of nitrogens with zero attached hydrogens (tertiary/aromatic N) is 2. The summed E-state index contributed by atoms with van der Waals surface area (Å²) >= 11 is 0. The minimum absolute atomic E-state index is 0.380. The normalized spacial score (nSPS) is 12.5. The molecular formula is C56H44F4N2Si2. The van der Waals surface area contributed by atoms with Crippen LogP contribution in [0.5, 0.6) is 0 Å². The molecule has 0 spiro atoms. The van der Waals surface area contributed by atoms with Gasteiger partial charge in [-0.2, -0.15) is 0 Å². The van der Waals surface area contributed by atoms with Crippen molar-refractivity contribution in [3.8, 4) is 33.6 Å². The molecule has 0 saturated carbocycles. The summed E-state index contributed by atoms with van der Waals surface area (Å²) in [6, 6.07) is 50.0. The Morgan fingerprint density at radius 1 is 0.297 bits per heavy atom. The fraction of sp³-hybridized carbons (Fsp3) is 0.107. The van der Waals surface area contributed by atoms with E-state index in [4.69, 9.17) is 0 Å². The molecule has 314 valence electrons. The summed E-state index contributed by atoms with van der Waals surface area (Å²) in [6.07, 6.45) is 0. The topological polar surface area (TPSA) is 9.86 Å². The Morgan fingerprint density at radius 2 is 0.594 bits per heavy atom. The van der Waals surface area contributed by atoms with Crippen molar-refractivity contribution >= 4 is 91.7 Å². The van der Waals surface area contributed by atoms with E-state index >= 15 is 0 Å². The van der Waals surface area contributed by atoms with Crippen LogP contribution in [0.3, 0.4) is 0 Å². The first kappa shape index (κ1) is 40.1. The van der Waals surface area contributed by atoms with Crippen molar-refractivity contribution in [3.63, 3.8) is 0 Å². The quantitative estimate of drug-likeness (QED) is 0.0895. The van der Waals surface area contributed by atoms with Gasteiger partial charge in [0, 0.05) is 32.9 Å². The maximum atomic E-state index is 14.8. The zero-order chi connectivity index (χ0) is 44.4. The summed E-state index contributed by atoms with van der Waals surface area (Å²) in [5.41, 5.74) is 9.11. The van der Waals surface area contributed by atoms with E-state index in [1.165, 1.54) is 58.9 Å². The van der Waals surface area contributed by atoms with Gasteiger partial charge in [0.1, 0.15) is 23.3 Å². The van der Waals surface area contributed by atoms with E-state index < -0.39 is 16.1 Å². The second-order valence-electron chi connectivity index (χ2n) is 19.2. The molecule has 0 N–H and O–H groups in total. The molecule has 2 nitrogen and oxygen atoms in total. The monoisotopic (exact) mass is 876 g/mol. The van der Waals surface area contributed by atoms with Gasteiger partial charge in [-0.1, -0.05) is 110 Å². The Balaban J connectivity index is 1.28. The number of aromatic nitrogens is 2. The van der Waals surface area contributed by atoms with E-state index in [1.54, 1.807) is 24.3 Å². The molecule has 2 heterocycles. The van der Waals surface area contributed by atoms with Gasteiger partial charge in [0.05, 0.1) is 38.2 Å². The van der Waals surface area contributed by atoms with Crippen molar-refractivity contribution in [2.45, 2.75) is 39.3 Å². The highest BCUT2D eigenvalue weighted by atomic mass is 28.3. The van der Waals surface area contributed by atoms with Crippen LogP contribution in [0.1, 0.15) is 0 Å². The largest absolute Gasteiger partial charge is 0.309 e. The summed E-state index contributed by atoms with van der Waals surface area (Å²) < 4.78 is 63.6. The van der Waals surface area contributed by atoms with E-state index in [-0.39, 0.29) is 23.3 Å². The molecule has 11 aromatic rings. The van der Waals surface area contributed by atoms with Crippen molar-refractivity contribution in [2.75, 3.05) is 0 Å². The molecule has 0 aliphatic heterocycles. The molecule has 0 aliphatic carbocycles. The van der Waals surface area contributed by atoms with Crippen molar-refractivity contribution in [2.24, 2.45) is 0 Å². The molecule has 0 radical (unpaired) electrons. The van der Waals surface area contributed by atoms with Crippen LogP contribution in [-0.4, -0.2) is 25.3 Å². The molecule has 0 fully saturated rings. The molecule has 11 rings (SSSR count). The van der Waals surface area contributed by atoms with Crippen LogP contribution in [0.4, 0.5) is 17.6 Å². The SMILES string of the molecule is C[Si](C)(C)c1ccc(-c2c3ccc(-n4c5ccc(F)cc5c5cc(F)ccc54)cc3c(-c3ccc([Si](C)(C)C)cc3)c3ccc(-n4c5ccc(F)cc5c5cc(F)ccc54)cc23)cc1. The van der Waals surface area contributed by atoms with Crippen molar-refractivity contribution < 1.29 is 17.6 Å². The van der Waals surface area contributed by atoms with Crippen LogP contribution in [0, 0.1) is 23.3 Å². The highest BCUT2D eigenvalue weighted by Crippen LogP contribution is 2.46. The third-order valence-corrected chi connectivity index (χ3v) is 17.2. The summed E-state index contributed by atoms with van der Waals surface area (Å²) in [6.45, 7) is 14.1. The van der Waals surface area contributed by atoms with E-state index in [2.05, 4.69) is 133 Å². The Hall–Kier alpha value is -6.75. The van der Waals surface area contributed by atoms with Gasteiger partial charge in [-0.15, -0.1) is 0 Å². The van der Waals surface area contributed by atoms with Gasteiger partial charge in [-0.3, -0.25) is 0 Å². The summed E-state index contributed by atoms with van der Waals surface area (Å²) in [4.78, 5) is 0. The lowest BCUT2D eigenvalue weighted by atomic mass is 9.85. The summed E-state index contributed by atoms with van der Waals surface area (Å²) in [5.74, 6) is -1.52. The predicted molar refractivity (Wildman–Crippen MR) is 267 cm³/mol. The Bertz CT molecular complexity index is 3360. The first-order valence-electron chi connectivity index (χ1n) is 21.7. The smallest absolute Gasteiger partial charge is 0.123 e. The van der Waals surface area contributed by atoms with Gasteiger partial charge in [0.15, 0.2) is 0 Å². The number of hydrogen-bond donors (Lipinski definition) is 0. The minimum Gasteiger partial charge on any atom is -0.309 e. The third-order valence-electron chi connectivity index (χ3n) is 13.1. The van der Waals surface area contributed by atoms with Crippen LogP contribution < -0.4 is 10.4 Å². The van der Waals surface area contributed by atoms with E-state index in [9.17, 15) is 17.6 Å².